The van der Waals surface area contributed by atoms with E-state index in [0.717, 1.165) is 5.56 Å². The van der Waals surface area contributed by atoms with Crippen LogP contribution < -0.4 is 15.8 Å². The van der Waals surface area contributed by atoms with Crippen LogP contribution in [0.15, 0.2) is 18.2 Å². The molecule has 5 nitrogen and oxygen atoms in total. The van der Waals surface area contributed by atoms with Crippen LogP contribution in [0.1, 0.15) is 5.56 Å². The number of methoxy groups -OCH3 is 1. The molecule has 0 saturated carbocycles. The first-order chi connectivity index (χ1) is 6.63. The number of amides is 1. The van der Waals surface area contributed by atoms with E-state index in [1.165, 1.54) is 7.11 Å². The Kier molecular flexibility index (Phi) is 3.17. The van der Waals surface area contributed by atoms with E-state index in [-0.39, 0.29) is 6.54 Å². The molecule has 0 bridgehead atoms. The number of nitrogens with two attached hydrogens (primary N) is 1. The summed E-state index contributed by atoms with van der Waals surface area (Å²) in [6, 6.07) is 5.13. The van der Waals surface area contributed by atoms with E-state index in [1.54, 1.807) is 18.2 Å². The summed E-state index contributed by atoms with van der Waals surface area (Å²) in [5.74, 6) is 0.587. The Hall–Kier alpha value is -1.91. The number of nitrogen functional groups attached to an aromatic ring is 1. The van der Waals surface area contributed by atoms with Crippen molar-refractivity contribution in [2.45, 2.75) is 6.54 Å². The van der Waals surface area contributed by atoms with Gasteiger partial charge < -0.3 is 20.9 Å². The van der Waals surface area contributed by atoms with Gasteiger partial charge in [-0.2, -0.15) is 0 Å². The minimum atomic E-state index is -1.06. The molecule has 0 aromatic heterocycles. The Morgan fingerprint density at radius 1 is 1.64 bits per heavy atom. The molecule has 4 N–H and O–H groups in total. The summed E-state index contributed by atoms with van der Waals surface area (Å²) in [5, 5.41) is 10.6. The number of nitrogens with one attached hydrogen (secondary N) is 1. The second kappa shape index (κ2) is 4.36. The van der Waals surface area contributed by atoms with Gasteiger partial charge in [0, 0.05) is 6.54 Å². The minimum absolute atomic E-state index is 0.240. The molecule has 0 unspecified atom stereocenters. The van der Waals surface area contributed by atoms with Crippen LogP contribution in [0.4, 0.5) is 10.5 Å². The van der Waals surface area contributed by atoms with E-state index in [4.69, 9.17) is 15.6 Å². The zero-order chi connectivity index (χ0) is 10.6. The molecule has 0 aliphatic carbocycles. The molecule has 0 heterocycles. The Morgan fingerprint density at radius 3 is 2.86 bits per heavy atom. The quantitative estimate of drug-likeness (QED) is 0.631. The average molecular weight is 196 g/mol. The molecule has 0 radical (unpaired) electrons. The van der Waals surface area contributed by atoms with Crippen molar-refractivity contribution in [2.24, 2.45) is 0 Å². The zero-order valence-electron chi connectivity index (χ0n) is 7.78. The molecule has 0 aliphatic rings. The molecule has 1 aromatic carbocycles. The van der Waals surface area contributed by atoms with Crippen LogP contribution in [0.5, 0.6) is 5.75 Å². The number of hydrogen-bond donors (Lipinski definition) is 3. The maximum Gasteiger partial charge on any atom is 0.404 e. The Morgan fingerprint density at radius 2 is 2.36 bits per heavy atom. The lowest BCUT2D eigenvalue weighted by molar-refractivity contribution is 0.194. The van der Waals surface area contributed by atoms with E-state index in [1.807, 2.05) is 0 Å². The molecule has 1 aromatic rings. The van der Waals surface area contributed by atoms with Gasteiger partial charge >= 0.3 is 6.09 Å². The van der Waals surface area contributed by atoms with Crippen molar-refractivity contribution in [2.75, 3.05) is 12.8 Å². The van der Waals surface area contributed by atoms with Crippen LogP contribution in [0.2, 0.25) is 0 Å². The van der Waals surface area contributed by atoms with Crippen LogP contribution in [0.25, 0.3) is 0 Å². The van der Waals surface area contributed by atoms with Gasteiger partial charge in [0.05, 0.1) is 12.8 Å². The van der Waals surface area contributed by atoms with Crippen LogP contribution in [-0.4, -0.2) is 18.3 Å². The summed E-state index contributed by atoms with van der Waals surface area (Å²) in [7, 11) is 1.53. The lowest BCUT2D eigenvalue weighted by Gasteiger charge is -2.06. The van der Waals surface area contributed by atoms with E-state index < -0.39 is 6.09 Å². The second-order valence-electron chi connectivity index (χ2n) is 2.74. The van der Waals surface area contributed by atoms with Gasteiger partial charge in [-0.05, 0) is 17.7 Å². The molecule has 0 spiro atoms. The fourth-order valence-electron chi connectivity index (χ4n) is 1.07. The number of carboxylic acid groups (broad SMARTS) is 1. The van der Waals surface area contributed by atoms with Gasteiger partial charge in [0.15, 0.2) is 0 Å². The van der Waals surface area contributed by atoms with Gasteiger partial charge in [-0.15, -0.1) is 0 Å². The molecule has 76 valence electrons. The summed E-state index contributed by atoms with van der Waals surface area (Å²) >= 11 is 0. The van der Waals surface area contributed by atoms with Gasteiger partial charge in [-0.1, -0.05) is 6.07 Å². The maximum absolute atomic E-state index is 10.2. The van der Waals surface area contributed by atoms with Crippen molar-refractivity contribution in [1.82, 2.24) is 5.32 Å². The first-order valence-electron chi connectivity index (χ1n) is 4.02. The molecule has 0 atom stereocenters. The number of benzene rings is 1. The van der Waals surface area contributed by atoms with E-state index in [0.29, 0.717) is 11.4 Å². The van der Waals surface area contributed by atoms with E-state index >= 15 is 0 Å². The van der Waals surface area contributed by atoms with Crippen molar-refractivity contribution in [1.29, 1.82) is 0 Å². The molecule has 1 amide bonds. The molecule has 1 rings (SSSR count). The largest absolute Gasteiger partial charge is 0.495 e. The number of carbonyl (C=O) groups is 1. The normalized spacial score (nSPS) is 9.50. The van der Waals surface area contributed by atoms with E-state index in [2.05, 4.69) is 5.32 Å². The SMILES string of the molecule is COc1ccc(CNC(=O)O)cc1N. The summed E-state index contributed by atoms with van der Waals surface area (Å²) in [5.41, 5.74) is 6.93. The van der Waals surface area contributed by atoms with Crippen LogP contribution in [0, 0.1) is 0 Å². The van der Waals surface area contributed by atoms with Crippen LogP contribution in [-0.2, 0) is 6.54 Å². The first-order valence-corrected chi connectivity index (χ1v) is 4.02. The molecule has 14 heavy (non-hydrogen) atoms. The van der Waals surface area contributed by atoms with Crippen LogP contribution in [0.3, 0.4) is 0 Å². The van der Waals surface area contributed by atoms with Gasteiger partial charge in [0.2, 0.25) is 0 Å². The third-order valence-electron chi connectivity index (χ3n) is 1.74. The average Bonchev–Trinajstić information content (AvgIpc) is 2.15. The maximum atomic E-state index is 10.2. The molecule has 5 heteroatoms. The number of rotatable bonds is 3. The predicted molar refractivity (Wildman–Crippen MR) is 52.3 cm³/mol. The Balaban J connectivity index is 2.71. The van der Waals surface area contributed by atoms with Gasteiger partial charge in [-0.25, -0.2) is 4.79 Å². The first kappa shape index (κ1) is 10.2. The number of ether oxygens (including phenoxy) is 1. The van der Waals surface area contributed by atoms with Crippen molar-refractivity contribution in [3.63, 3.8) is 0 Å². The summed E-state index contributed by atoms with van der Waals surface area (Å²) in [6.45, 7) is 0.240. The van der Waals surface area contributed by atoms with Crippen molar-refractivity contribution in [3.8, 4) is 5.75 Å². The Bertz CT molecular complexity index is 339. The molecule has 0 saturated heterocycles. The highest BCUT2D eigenvalue weighted by molar-refractivity contribution is 5.64. The lowest BCUT2D eigenvalue weighted by Crippen LogP contribution is -2.19. The van der Waals surface area contributed by atoms with Crippen molar-refractivity contribution in [3.05, 3.63) is 23.8 Å². The summed E-state index contributed by atoms with van der Waals surface area (Å²) < 4.78 is 4.96. The fourth-order valence-corrected chi connectivity index (χ4v) is 1.07. The Labute approximate surface area is 81.5 Å². The van der Waals surface area contributed by atoms with E-state index in [9.17, 15) is 4.79 Å². The fraction of sp³-hybridized carbons (Fsp3) is 0.222. The molecular weight excluding hydrogens is 184 g/mol. The molecule has 0 fully saturated rings. The summed E-state index contributed by atoms with van der Waals surface area (Å²) in [4.78, 5) is 10.2. The van der Waals surface area contributed by atoms with Gasteiger partial charge in [0.25, 0.3) is 0 Å². The third-order valence-corrected chi connectivity index (χ3v) is 1.74. The lowest BCUT2D eigenvalue weighted by atomic mass is 10.2. The number of anilines is 1. The van der Waals surface area contributed by atoms with Crippen molar-refractivity contribution < 1.29 is 14.6 Å². The molecule has 0 aliphatic heterocycles. The highest BCUT2D eigenvalue weighted by atomic mass is 16.5. The number of hydrogen-bond acceptors (Lipinski definition) is 3. The molecular formula is C9H12N2O3. The van der Waals surface area contributed by atoms with Crippen LogP contribution >= 0.6 is 0 Å². The zero-order valence-corrected chi connectivity index (χ0v) is 7.78. The topological polar surface area (TPSA) is 84.6 Å². The highest BCUT2D eigenvalue weighted by Crippen LogP contribution is 2.21. The minimum Gasteiger partial charge on any atom is -0.495 e. The highest BCUT2D eigenvalue weighted by Gasteiger charge is 2.01. The third kappa shape index (κ3) is 2.55. The van der Waals surface area contributed by atoms with Crippen molar-refractivity contribution >= 4 is 11.8 Å². The summed E-state index contributed by atoms with van der Waals surface area (Å²) in [6.07, 6.45) is -1.06. The van der Waals surface area contributed by atoms with Gasteiger partial charge in [-0.3, -0.25) is 0 Å². The monoisotopic (exact) mass is 196 g/mol. The smallest absolute Gasteiger partial charge is 0.404 e. The standard InChI is InChI=1S/C9H12N2O3/c1-14-8-3-2-6(4-7(8)10)5-11-9(12)13/h2-4,11H,5,10H2,1H3,(H,12,13). The van der Waals surface area contributed by atoms with Gasteiger partial charge in [0.1, 0.15) is 5.75 Å². The second-order valence-corrected chi connectivity index (χ2v) is 2.74. The predicted octanol–water partition coefficient (Wildman–Crippen LogP) is 1.04.